The summed E-state index contributed by atoms with van der Waals surface area (Å²) in [5, 5.41) is 8.05. The van der Waals surface area contributed by atoms with E-state index in [0.29, 0.717) is 0 Å². The van der Waals surface area contributed by atoms with Gasteiger partial charge in [0.2, 0.25) is 13.3 Å². The number of hydrogen-bond acceptors (Lipinski definition) is 3. The lowest BCUT2D eigenvalue weighted by molar-refractivity contribution is -0.131. The number of carboxylic acids is 1. The average Bonchev–Trinajstić information content (AvgIpc) is 1.80. The van der Waals surface area contributed by atoms with Crippen molar-refractivity contribution in [3.05, 3.63) is 12.2 Å². The van der Waals surface area contributed by atoms with Crippen molar-refractivity contribution in [2.24, 2.45) is 5.73 Å². The maximum Gasteiger partial charge on any atom is 0.327 e. The van der Waals surface area contributed by atoms with Crippen LogP contribution in [0.15, 0.2) is 12.2 Å². The Balaban J connectivity index is 0. The predicted molar refractivity (Wildman–Crippen MR) is 52.3 cm³/mol. The Labute approximate surface area is 81.9 Å². The van der Waals surface area contributed by atoms with Crippen LogP contribution in [0, 0.1) is 0 Å². The largest absolute Gasteiger partial charge is 0.478 e. The molecule has 0 radical (unpaired) electrons. The lowest BCUT2D eigenvalue weighted by atomic mass is 10.5. The van der Waals surface area contributed by atoms with Crippen molar-refractivity contribution in [2.45, 2.75) is 6.92 Å². The summed E-state index contributed by atoms with van der Waals surface area (Å²) in [6.45, 7) is 2.49. The number of primary amides is 1. The van der Waals surface area contributed by atoms with Crippen LogP contribution in [0.3, 0.4) is 0 Å². The SMILES string of the molecule is CC(N)=O.CP(=O)(O)CC=CC(=O)O. The summed E-state index contributed by atoms with van der Waals surface area (Å²) >= 11 is 0. The lowest BCUT2D eigenvalue weighted by Crippen LogP contribution is -2.01. The Kier molecular flexibility index (Phi) is 7.99. The molecule has 6 nitrogen and oxygen atoms in total. The predicted octanol–water partition coefficient (Wildman–Crippen LogP) is 0.0190. The minimum absolute atomic E-state index is 0.0840. The van der Waals surface area contributed by atoms with Crippen LogP contribution in [0.1, 0.15) is 6.92 Å². The molecule has 0 spiro atoms. The fourth-order valence-corrected chi connectivity index (χ4v) is 0.846. The molecule has 1 atom stereocenters. The smallest absolute Gasteiger partial charge is 0.327 e. The quantitative estimate of drug-likeness (QED) is 0.460. The van der Waals surface area contributed by atoms with Gasteiger partial charge in [-0.3, -0.25) is 9.36 Å². The van der Waals surface area contributed by atoms with E-state index in [2.05, 4.69) is 5.73 Å². The third-order valence-corrected chi connectivity index (χ3v) is 1.59. The van der Waals surface area contributed by atoms with E-state index in [9.17, 15) is 14.2 Å². The van der Waals surface area contributed by atoms with E-state index in [-0.39, 0.29) is 12.1 Å². The van der Waals surface area contributed by atoms with Gasteiger partial charge in [0.05, 0.1) is 0 Å². The highest BCUT2D eigenvalue weighted by atomic mass is 31.2. The van der Waals surface area contributed by atoms with Gasteiger partial charge in [-0.25, -0.2) is 4.79 Å². The second-order valence-electron chi connectivity index (χ2n) is 2.58. The van der Waals surface area contributed by atoms with Gasteiger partial charge in [-0.2, -0.15) is 0 Å². The van der Waals surface area contributed by atoms with Gasteiger partial charge in [-0.05, 0) is 0 Å². The van der Waals surface area contributed by atoms with Crippen LogP contribution in [0.2, 0.25) is 0 Å². The molecule has 0 saturated heterocycles. The van der Waals surface area contributed by atoms with Crippen LogP contribution >= 0.6 is 7.37 Å². The molecule has 0 bridgehead atoms. The number of nitrogens with two attached hydrogens (primary N) is 1. The number of carbonyl (C=O) groups excluding carboxylic acids is 1. The van der Waals surface area contributed by atoms with E-state index < -0.39 is 13.3 Å². The molecule has 0 aliphatic carbocycles. The van der Waals surface area contributed by atoms with Crippen LogP contribution in [-0.2, 0) is 14.2 Å². The molecule has 0 aromatic rings. The number of carboxylic acid groups (broad SMARTS) is 1. The second-order valence-corrected chi connectivity index (χ2v) is 5.05. The van der Waals surface area contributed by atoms with E-state index in [0.717, 1.165) is 6.08 Å². The standard InChI is InChI=1S/C5H9O4P.C2H5NO/c1-10(8,9)4-2-3-5(6)7;1-2(3)4/h2-3H,4H2,1H3,(H,6,7)(H,8,9);1H3,(H2,3,4). The van der Waals surface area contributed by atoms with Gasteiger partial charge in [-0.1, -0.05) is 6.08 Å². The van der Waals surface area contributed by atoms with Gasteiger partial charge in [0.1, 0.15) is 0 Å². The third-order valence-electron chi connectivity index (χ3n) is 0.705. The number of allylic oxidation sites excluding steroid dienone is 1. The molecule has 0 fully saturated rings. The molecule has 0 heterocycles. The van der Waals surface area contributed by atoms with Gasteiger partial charge in [0.25, 0.3) is 0 Å². The summed E-state index contributed by atoms with van der Waals surface area (Å²) in [6, 6.07) is 0. The molecule has 0 saturated carbocycles. The molecule has 0 aliphatic rings. The van der Waals surface area contributed by atoms with Crippen LogP contribution in [-0.4, -0.2) is 34.7 Å². The Morgan fingerprint density at radius 3 is 2.07 bits per heavy atom. The maximum absolute atomic E-state index is 10.5. The Hall–Kier alpha value is -1.13. The molecule has 4 N–H and O–H groups in total. The topological polar surface area (TPSA) is 118 Å². The van der Waals surface area contributed by atoms with E-state index in [1.54, 1.807) is 0 Å². The molecule has 1 amide bonds. The second kappa shape index (κ2) is 7.29. The maximum atomic E-state index is 10.5. The molecule has 1 unspecified atom stereocenters. The van der Waals surface area contributed by atoms with Gasteiger partial charge in [0, 0.05) is 25.8 Å². The fraction of sp³-hybridized carbons (Fsp3) is 0.429. The van der Waals surface area contributed by atoms with Crippen LogP contribution in [0.4, 0.5) is 0 Å². The highest BCUT2D eigenvalue weighted by Gasteiger charge is 2.05. The number of aliphatic carboxylic acids is 1. The first-order chi connectivity index (χ1) is 6.15. The molecular formula is C7H14NO5P. The Bertz CT molecular complexity index is 263. The zero-order valence-corrected chi connectivity index (χ0v) is 8.90. The lowest BCUT2D eigenvalue weighted by Gasteiger charge is -1.96. The zero-order chi connectivity index (χ0) is 11.8. The van der Waals surface area contributed by atoms with Crippen LogP contribution < -0.4 is 5.73 Å². The molecule has 82 valence electrons. The van der Waals surface area contributed by atoms with Crippen molar-refractivity contribution in [3.63, 3.8) is 0 Å². The third kappa shape index (κ3) is 30.7. The first-order valence-electron chi connectivity index (χ1n) is 3.60. The average molecular weight is 223 g/mol. The summed E-state index contributed by atoms with van der Waals surface area (Å²) < 4.78 is 10.5. The molecular weight excluding hydrogens is 209 g/mol. The Morgan fingerprint density at radius 2 is 1.86 bits per heavy atom. The number of rotatable bonds is 3. The van der Waals surface area contributed by atoms with E-state index in [1.807, 2.05) is 0 Å². The van der Waals surface area contributed by atoms with E-state index in [1.165, 1.54) is 19.7 Å². The van der Waals surface area contributed by atoms with Gasteiger partial charge in [-0.15, -0.1) is 0 Å². The summed E-state index contributed by atoms with van der Waals surface area (Å²) in [5.41, 5.74) is 4.47. The molecule has 0 aromatic heterocycles. The molecule has 7 heteroatoms. The van der Waals surface area contributed by atoms with Gasteiger partial charge >= 0.3 is 5.97 Å². The molecule has 0 aromatic carbocycles. The van der Waals surface area contributed by atoms with Crippen molar-refractivity contribution in [1.82, 2.24) is 0 Å². The van der Waals surface area contributed by atoms with Crippen molar-refractivity contribution >= 4 is 19.2 Å². The molecule has 0 rings (SSSR count). The number of carbonyl (C=O) groups is 2. The normalized spacial score (nSPS) is 13.9. The Morgan fingerprint density at radius 1 is 1.50 bits per heavy atom. The summed E-state index contributed by atoms with van der Waals surface area (Å²) in [6.07, 6.45) is 1.94. The number of amides is 1. The summed E-state index contributed by atoms with van der Waals surface area (Å²) in [4.78, 5) is 27.7. The molecule has 0 aliphatic heterocycles. The van der Waals surface area contributed by atoms with Crippen LogP contribution in [0.25, 0.3) is 0 Å². The van der Waals surface area contributed by atoms with Crippen molar-refractivity contribution in [2.75, 3.05) is 12.8 Å². The van der Waals surface area contributed by atoms with Gasteiger partial charge < -0.3 is 15.7 Å². The first-order valence-corrected chi connectivity index (χ1v) is 5.89. The summed E-state index contributed by atoms with van der Waals surface area (Å²) in [7, 11) is -3.07. The summed E-state index contributed by atoms with van der Waals surface area (Å²) in [5.74, 6) is -1.44. The van der Waals surface area contributed by atoms with E-state index in [4.69, 9.17) is 10.00 Å². The van der Waals surface area contributed by atoms with Crippen LogP contribution in [0.5, 0.6) is 0 Å². The number of hydrogen-bond donors (Lipinski definition) is 3. The first kappa shape index (κ1) is 15.3. The van der Waals surface area contributed by atoms with Crippen molar-refractivity contribution in [3.8, 4) is 0 Å². The van der Waals surface area contributed by atoms with Gasteiger partial charge in [0.15, 0.2) is 0 Å². The zero-order valence-electron chi connectivity index (χ0n) is 8.01. The van der Waals surface area contributed by atoms with E-state index >= 15 is 0 Å². The minimum Gasteiger partial charge on any atom is -0.478 e. The highest BCUT2D eigenvalue weighted by molar-refractivity contribution is 7.57. The fourth-order valence-electron chi connectivity index (χ4n) is 0.349. The monoisotopic (exact) mass is 223 g/mol. The minimum atomic E-state index is -3.07. The van der Waals surface area contributed by atoms with Crippen molar-refractivity contribution in [1.29, 1.82) is 0 Å². The van der Waals surface area contributed by atoms with Crippen molar-refractivity contribution < 1.29 is 24.2 Å². The highest BCUT2D eigenvalue weighted by Crippen LogP contribution is 2.34. The molecule has 14 heavy (non-hydrogen) atoms.